The lowest BCUT2D eigenvalue weighted by atomic mass is 10.2. The van der Waals surface area contributed by atoms with Crippen LogP contribution in [0.15, 0.2) is 42.0 Å². The molecule has 0 amide bonds. The van der Waals surface area contributed by atoms with Crippen molar-refractivity contribution < 1.29 is 20.1 Å². The van der Waals surface area contributed by atoms with Crippen molar-refractivity contribution >= 4 is 5.97 Å². The van der Waals surface area contributed by atoms with Crippen molar-refractivity contribution in [2.45, 2.75) is 13.3 Å². The largest absolute Gasteiger partial charge is 0.508 e. The molecule has 0 aliphatic heterocycles. The number of rotatable bonds is 3. The average Bonchev–Trinajstić information content (AvgIpc) is 2.27. The standard InChI is InChI=1S/C6H10O3.C6H6O/c1-5(6(8)9)3-2-4-7;7-6-4-2-1-3-5-6/h3,7H,2,4H2,1H3,(H,8,9);1-5,7H. The van der Waals surface area contributed by atoms with E-state index in [-0.39, 0.29) is 12.2 Å². The molecule has 0 aromatic heterocycles. The molecule has 1 rings (SSSR count). The number of aliphatic hydroxyl groups excluding tert-OH is 1. The van der Waals surface area contributed by atoms with Gasteiger partial charge >= 0.3 is 5.97 Å². The summed E-state index contributed by atoms with van der Waals surface area (Å²) in [4.78, 5) is 10.1. The van der Waals surface area contributed by atoms with Gasteiger partial charge in [-0.2, -0.15) is 0 Å². The van der Waals surface area contributed by atoms with Gasteiger partial charge in [0.25, 0.3) is 0 Å². The van der Waals surface area contributed by atoms with E-state index in [0.29, 0.717) is 12.2 Å². The number of carbonyl (C=O) groups is 1. The van der Waals surface area contributed by atoms with E-state index in [2.05, 4.69) is 0 Å². The third kappa shape index (κ3) is 7.58. The Morgan fingerprint density at radius 3 is 2.19 bits per heavy atom. The lowest BCUT2D eigenvalue weighted by Gasteiger charge is -1.89. The van der Waals surface area contributed by atoms with E-state index in [1.807, 2.05) is 6.07 Å². The second-order valence-corrected chi connectivity index (χ2v) is 3.04. The van der Waals surface area contributed by atoms with Crippen molar-refractivity contribution in [1.82, 2.24) is 0 Å². The maximum absolute atomic E-state index is 10.1. The molecular formula is C12H16O4. The number of aliphatic carboxylic acids is 1. The smallest absolute Gasteiger partial charge is 0.330 e. The molecular weight excluding hydrogens is 208 g/mol. The second-order valence-electron chi connectivity index (χ2n) is 3.04. The van der Waals surface area contributed by atoms with E-state index in [9.17, 15) is 4.79 Å². The molecule has 0 saturated heterocycles. The van der Waals surface area contributed by atoms with Gasteiger partial charge in [-0.25, -0.2) is 4.79 Å². The van der Waals surface area contributed by atoms with Crippen LogP contribution in [0.1, 0.15) is 13.3 Å². The molecule has 1 aromatic rings. The molecule has 0 radical (unpaired) electrons. The summed E-state index contributed by atoms with van der Waals surface area (Å²) in [6, 6.07) is 8.71. The number of aliphatic hydroxyl groups is 1. The fourth-order valence-electron chi connectivity index (χ4n) is 0.796. The summed E-state index contributed by atoms with van der Waals surface area (Å²) in [6.45, 7) is 1.50. The van der Waals surface area contributed by atoms with Crippen LogP contribution in [0.5, 0.6) is 5.75 Å². The minimum absolute atomic E-state index is 0.00458. The number of aromatic hydroxyl groups is 1. The van der Waals surface area contributed by atoms with E-state index in [1.165, 1.54) is 13.0 Å². The Morgan fingerprint density at radius 2 is 1.88 bits per heavy atom. The molecule has 3 N–H and O–H groups in total. The molecule has 88 valence electrons. The number of carboxylic acid groups (broad SMARTS) is 1. The minimum Gasteiger partial charge on any atom is -0.508 e. The maximum Gasteiger partial charge on any atom is 0.330 e. The van der Waals surface area contributed by atoms with Gasteiger partial charge in [0.2, 0.25) is 0 Å². The molecule has 0 aliphatic rings. The van der Waals surface area contributed by atoms with Gasteiger partial charge in [-0.1, -0.05) is 24.3 Å². The van der Waals surface area contributed by atoms with Crippen molar-refractivity contribution in [1.29, 1.82) is 0 Å². The van der Waals surface area contributed by atoms with Crippen LogP contribution >= 0.6 is 0 Å². The van der Waals surface area contributed by atoms with Crippen LogP contribution < -0.4 is 0 Å². The second kappa shape index (κ2) is 8.49. The summed E-state index contributed by atoms with van der Waals surface area (Å²) in [5.74, 6) is -0.606. The fraction of sp³-hybridized carbons (Fsp3) is 0.250. The molecule has 0 bridgehead atoms. The number of phenolic OH excluding ortho intramolecular Hbond substituents is 1. The highest BCUT2D eigenvalue weighted by Gasteiger charge is 1.96. The lowest BCUT2D eigenvalue weighted by Crippen LogP contribution is -1.95. The summed E-state index contributed by atoms with van der Waals surface area (Å²) in [7, 11) is 0. The van der Waals surface area contributed by atoms with E-state index >= 15 is 0 Å². The SMILES string of the molecule is CC(=CCCO)C(=O)O.Oc1ccccc1. The number of phenols is 1. The summed E-state index contributed by atoms with van der Waals surface area (Å²) in [5.41, 5.74) is 0.282. The average molecular weight is 224 g/mol. The Bertz CT molecular complexity index is 330. The Hall–Kier alpha value is -1.81. The molecule has 0 heterocycles. The van der Waals surface area contributed by atoms with E-state index in [1.54, 1.807) is 24.3 Å². The van der Waals surface area contributed by atoms with E-state index in [0.717, 1.165) is 0 Å². The molecule has 0 spiro atoms. The van der Waals surface area contributed by atoms with Crippen LogP contribution in [0.25, 0.3) is 0 Å². The van der Waals surface area contributed by atoms with Gasteiger partial charge in [0.1, 0.15) is 5.75 Å². The maximum atomic E-state index is 10.1. The summed E-state index contributed by atoms with van der Waals surface area (Å²) in [6.07, 6.45) is 1.90. The number of para-hydroxylation sites is 1. The Balaban J connectivity index is 0.000000288. The zero-order valence-electron chi connectivity index (χ0n) is 9.13. The Kier molecular flexibility index (Phi) is 7.53. The zero-order valence-corrected chi connectivity index (χ0v) is 9.13. The molecule has 0 atom stereocenters. The van der Waals surface area contributed by atoms with Crippen LogP contribution in [-0.2, 0) is 4.79 Å². The summed E-state index contributed by atoms with van der Waals surface area (Å²) in [5, 5.41) is 25.2. The van der Waals surface area contributed by atoms with Crippen molar-refractivity contribution in [2.75, 3.05) is 6.61 Å². The normalized spacial score (nSPS) is 10.2. The highest BCUT2D eigenvalue weighted by Crippen LogP contribution is 2.02. The van der Waals surface area contributed by atoms with Gasteiger partial charge < -0.3 is 15.3 Å². The van der Waals surface area contributed by atoms with E-state index < -0.39 is 5.97 Å². The Morgan fingerprint density at radius 1 is 1.31 bits per heavy atom. The topological polar surface area (TPSA) is 77.8 Å². The molecule has 4 heteroatoms. The van der Waals surface area contributed by atoms with Gasteiger partial charge in [-0.3, -0.25) is 0 Å². The van der Waals surface area contributed by atoms with Crippen molar-refractivity contribution in [3.05, 3.63) is 42.0 Å². The third-order valence-electron chi connectivity index (χ3n) is 1.67. The predicted octanol–water partition coefficient (Wildman–Crippen LogP) is 1.79. The highest BCUT2D eigenvalue weighted by atomic mass is 16.4. The quantitative estimate of drug-likeness (QED) is 0.684. The molecule has 0 saturated carbocycles. The third-order valence-corrected chi connectivity index (χ3v) is 1.67. The van der Waals surface area contributed by atoms with Crippen LogP contribution in [0.2, 0.25) is 0 Å². The molecule has 4 nitrogen and oxygen atoms in total. The highest BCUT2D eigenvalue weighted by molar-refractivity contribution is 5.85. The monoisotopic (exact) mass is 224 g/mol. The Labute approximate surface area is 94.5 Å². The molecule has 0 aliphatic carbocycles. The molecule has 0 unspecified atom stereocenters. The predicted molar refractivity (Wildman–Crippen MR) is 61.2 cm³/mol. The molecule has 1 aromatic carbocycles. The van der Waals surface area contributed by atoms with Crippen LogP contribution in [0.3, 0.4) is 0 Å². The minimum atomic E-state index is -0.927. The molecule has 0 fully saturated rings. The fourth-order valence-corrected chi connectivity index (χ4v) is 0.796. The van der Waals surface area contributed by atoms with Gasteiger partial charge in [-0.15, -0.1) is 0 Å². The summed E-state index contributed by atoms with van der Waals surface area (Å²) < 4.78 is 0. The van der Waals surface area contributed by atoms with E-state index in [4.69, 9.17) is 15.3 Å². The number of carboxylic acids is 1. The van der Waals surface area contributed by atoms with Gasteiger partial charge in [0.15, 0.2) is 0 Å². The van der Waals surface area contributed by atoms with Crippen LogP contribution in [0.4, 0.5) is 0 Å². The van der Waals surface area contributed by atoms with Gasteiger partial charge in [0, 0.05) is 12.2 Å². The van der Waals surface area contributed by atoms with Crippen LogP contribution in [-0.4, -0.2) is 27.9 Å². The lowest BCUT2D eigenvalue weighted by molar-refractivity contribution is -0.132. The summed E-state index contributed by atoms with van der Waals surface area (Å²) >= 11 is 0. The first-order valence-corrected chi connectivity index (χ1v) is 4.83. The number of hydrogen-bond acceptors (Lipinski definition) is 3. The first-order valence-electron chi connectivity index (χ1n) is 4.83. The zero-order chi connectivity index (χ0) is 12.4. The molecule has 16 heavy (non-hydrogen) atoms. The first-order chi connectivity index (χ1) is 7.57. The van der Waals surface area contributed by atoms with Crippen LogP contribution in [0, 0.1) is 0 Å². The number of benzene rings is 1. The van der Waals surface area contributed by atoms with Gasteiger partial charge in [-0.05, 0) is 25.5 Å². The van der Waals surface area contributed by atoms with Crippen molar-refractivity contribution in [3.8, 4) is 5.75 Å². The number of hydrogen-bond donors (Lipinski definition) is 3. The van der Waals surface area contributed by atoms with Crippen molar-refractivity contribution in [3.63, 3.8) is 0 Å². The van der Waals surface area contributed by atoms with Gasteiger partial charge in [0.05, 0.1) is 0 Å². The van der Waals surface area contributed by atoms with Crippen molar-refractivity contribution in [2.24, 2.45) is 0 Å². The first kappa shape index (κ1) is 14.2.